The Hall–Kier alpha value is -1.43. The number of rotatable bonds is 4. The van der Waals surface area contributed by atoms with E-state index in [-0.39, 0.29) is 24.3 Å². The van der Waals surface area contributed by atoms with Crippen molar-refractivity contribution in [2.45, 2.75) is 45.6 Å². The molecule has 6 nitrogen and oxygen atoms in total. The van der Waals surface area contributed by atoms with Crippen molar-refractivity contribution in [2.75, 3.05) is 19.6 Å². The zero-order valence-electron chi connectivity index (χ0n) is 12.1. The number of nitrogens with zero attached hydrogens (tertiary/aromatic N) is 2. The van der Waals surface area contributed by atoms with Gasteiger partial charge in [-0.2, -0.15) is 0 Å². The van der Waals surface area contributed by atoms with E-state index < -0.39 is 11.4 Å². The van der Waals surface area contributed by atoms with Crippen LogP contribution >= 0.6 is 0 Å². The first-order valence-electron chi connectivity index (χ1n) is 7.20. The van der Waals surface area contributed by atoms with E-state index in [9.17, 15) is 19.5 Å². The van der Waals surface area contributed by atoms with Crippen molar-refractivity contribution in [1.82, 2.24) is 9.80 Å². The van der Waals surface area contributed by atoms with Gasteiger partial charge in [0.25, 0.3) is 0 Å². The molecule has 0 radical (unpaired) electrons. The van der Waals surface area contributed by atoms with Crippen molar-refractivity contribution in [2.24, 2.45) is 5.41 Å². The van der Waals surface area contributed by atoms with Crippen molar-refractivity contribution in [3.8, 4) is 0 Å². The molecular weight excluding hydrogens is 260 g/mol. The largest absolute Gasteiger partial charge is 0.481 e. The fraction of sp³-hybridized carbons (Fsp3) is 0.786. The van der Waals surface area contributed by atoms with Crippen LogP contribution in [0.3, 0.4) is 0 Å². The summed E-state index contributed by atoms with van der Waals surface area (Å²) in [5, 5.41) is 9.21. The third-order valence-electron chi connectivity index (χ3n) is 4.53. The molecule has 2 saturated heterocycles. The smallest absolute Gasteiger partial charge is 0.309 e. The van der Waals surface area contributed by atoms with Crippen LogP contribution in [0.25, 0.3) is 0 Å². The molecule has 0 spiro atoms. The van der Waals surface area contributed by atoms with E-state index in [1.807, 2.05) is 11.8 Å². The Kier molecular flexibility index (Phi) is 4.13. The second kappa shape index (κ2) is 5.52. The SMILES string of the molecule is CCCN1C(=O)CC(N2CCC(C)(C(=O)O)CC2)C1=O. The number of imide groups is 1. The van der Waals surface area contributed by atoms with Crippen LogP contribution in [0.5, 0.6) is 0 Å². The van der Waals surface area contributed by atoms with E-state index in [0.29, 0.717) is 32.5 Å². The van der Waals surface area contributed by atoms with Gasteiger partial charge in [-0.15, -0.1) is 0 Å². The number of likely N-dealkylation sites (tertiary alicyclic amines) is 2. The topological polar surface area (TPSA) is 77.9 Å². The number of carbonyl (C=O) groups excluding carboxylic acids is 2. The molecule has 0 aromatic heterocycles. The molecule has 6 heteroatoms. The van der Waals surface area contributed by atoms with Gasteiger partial charge in [0.2, 0.25) is 11.8 Å². The molecule has 2 rings (SSSR count). The van der Waals surface area contributed by atoms with Gasteiger partial charge in [0.1, 0.15) is 0 Å². The van der Waals surface area contributed by atoms with E-state index in [4.69, 9.17) is 0 Å². The minimum atomic E-state index is -0.779. The van der Waals surface area contributed by atoms with Crippen molar-refractivity contribution >= 4 is 17.8 Å². The molecule has 0 aromatic carbocycles. The van der Waals surface area contributed by atoms with Gasteiger partial charge in [-0.25, -0.2) is 0 Å². The van der Waals surface area contributed by atoms with Crippen LogP contribution in [0.15, 0.2) is 0 Å². The first-order valence-corrected chi connectivity index (χ1v) is 7.20. The van der Waals surface area contributed by atoms with Crippen molar-refractivity contribution in [1.29, 1.82) is 0 Å². The molecule has 2 heterocycles. The highest BCUT2D eigenvalue weighted by Gasteiger charge is 2.45. The first kappa shape index (κ1) is 15.0. The van der Waals surface area contributed by atoms with Gasteiger partial charge in [0, 0.05) is 19.6 Å². The van der Waals surface area contributed by atoms with Crippen LogP contribution in [0, 0.1) is 5.41 Å². The molecular formula is C14H22N2O4. The molecule has 2 aliphatic rings. The summed E-state index contributed by atoms with van der Waals surface area (Å²) in [6.45, 7) is 5.29. The molecule has 1 atom stereocenters. The highest BCUT2D eigenvalue weighted by molar-refractivity contribution is 6.05. The van der Waals surface area contributed by atoms with E-state index in [0.717, 1.165) is 6.42 Å². The summed E-state index contributed by atoms with van der Waals surface area (Å²) >= 11 is 0. The van der Waals surface area contributed by atoms with Gasteiger partial charge in [0.15, 0.2) is 0 Å². The van der Waals surface area contributed by atoms with Crippen LogP contribution in [0.1, 0.15) is 39.5 Å². The van der Waals surface area contributed by atoms with Gasteiger partial charge in [-0.05, 0) is 26.2 Å². The Morgan fingerprint density at radius 2 is 1.95 bits per heavy atom. The highest BCUT2D eigenvalue weighted by Crippen LogP contribution is 2.33. The lowest BCUT2D eigenvalue weighted by Crippen LogP contribution is -2.49. The molecule has 112 valence electrons. The molecule has 0 aliphatic carbocycles. The van der Waals surface area contributed by atoms with Crippen LogP contribution in [-0.4, -0.2) is 58.4 Å². The van der Waals surface area contributed by atoms with E-state index >= 15 is 0 Å². The number of hydrogen-bond donors (Lipinski definition) is 1. The average Bonchev–Trinajstić information content (AvgIpc) is 2.68. The summed E-state index contributed by atoms with van der Waals surface area (Å²) in [4.78, 5) is 38.6. The minimum absolute atomic E-state index is 0.103. The molecule has 2 amide bonds. The van der Waals surface area contributed by atoms with Crippen LogP contribution in [-0.2, 0) is 14.4 Å². The maximum absolute atomic E-state index is 12.2. The standard InChI is InChI=1S/C14H22N2O4/c1-3-6-16-11(17)9-10(12(16)18)15-7-4-14(2,5-8-15)13(19)20/h10H,3-9H2,1-2H3,(H,19,20). The zero-order chi connectivity index (χ0) is 14.9. The molecule has 2 aliphatic heterocycles. The summed E-state index contributed by atoms with van der Waals surface area (Å²) in [5.74, 6) is -0.997. The Balaban J connectivity index is 2.00. The molecule has 1 N–H and O–H groups in total. The fourth-order valence-corrected chi connectivity index (χ4v) is 2.95. The Bertz CT molecular complexity index is 427. The van der Waals surface area contributed by atoms with Crippen LogP contribution in [0.2, 0.25) is 0 Å². The summed E-state index contributed by atoms with van der Waals surface area (Å²) in [5.41, 5.74) is -0.703. The molecule has 0 saturated carbocycles. The summed E-state index contributed by atoms with van der Waals surface area (Å²) < 4.78 is 0. The lowest BCUT2D eigenvalue weighted by molar-refractivity contribution is -0.151. The predicted molar refractivity (Wildman–Crippen MR) is 72.0 cm³/mol. The number of carboxylic acids is 1. The predicted octanol–water partition coefficient (Wildman–Crippen LogP) is 0.711. The van der Waals surface area contributed by atoms with Gasteiger partial charge < -0.3 is 5.11 Å². The van der Waals surface area contributed by atoms with E-state index in [2.05, 4.69) is 0 Å². The quantitative estimate of drug-likeness (QED) is 0.768. The van der Waals surface area contributed by atoms with Crippen molar-refractivity contribution < 1.29 is 19.5 Å². The number of carboxylic acid groups (broad SMARTS) is 1. The highest BCUT2D eigenvalue weighted by atomic mass is 16.4. The van der Waals surface area contributed by atoms with Gasteiger partial charge in [0.05, 0.1) is 17.9 Å². The third kappa shape index (κ3) is 2.57. The van der Waals surface area contributed by atoms with Crippen molar-refractivity contribution in [3.05, 3.63) is 0 Å². The van der Waals surface area contributed by atoms with Crippen LogP contribution in [0.4, 0.5) is 0 Å². The Morgan fingerprint density at radius 3 is 2.45 bits per heavy atom. The van der Waals surface area contributed by atoms with Gasteiger partial charge in [-0.1, -0.05) is 6.92 Å². The average molecular weight is 282 g/mol. The first-order chi connectivity index (χ1) is 9.39. The number of piperidine rings is 1. The van der Waals surface area contributed by atoms with E-state index in [1.54, 1.807) is 6.92 Å². The molecule has 20 heavy (non-hydrogen) atoms. The summed E-state index contributed by atoms with van der Waals surface area (Å²) in [6.07, 6.45) is 2.05. The van der Waals surface area contributed by atoms with E-state index in [1.165, 1.54) is 4.90 Å². The minimum Gasteiger partial charge on any atom is -0.481 e. The summed E-state index contributed by atoms with van der Waals surface area (Å²) in [7, 11) is 0. The Labute approximate surface area is 118 Å². The molecule has 1 unspecified atom stereocenters. The molecule has 0 aromatic rings. The number of amides is 2. The maximum Gasteiger partial charge on any atom is 0.309 e. The normalized spacial score (nSPS) is 27.1. The van der Waals surface area contributed by atoms with Gasteiger partial charge in [-0.3, -0.25) is 24.2 Å². The van der Waals surface area contributed by atoms with Crippen LogP contribution < -0.4 is 0 Å². The monoisotopic (exact) mass is 282 g/mol. The zero-order valence-corrected chi connectivity index (χ0v) is 12.1. The summed E-state index contributed by atoms with van der Waals surface area (Å²) in [6, 6.07) is -0.382. The number of hydrogen-bond acceptors (Lipinski definition) is 4. The lowest BCUT2D eigenvalue weighted by atomic mass is 9.80. The Morgan fingerprint density at radius 1 is 1.35 bits per heavy atom. The molecule has 2 fully saturated rings. The second-order valence-corrected chi connectivity index (χ2v) is 6.01. The molecule has 0 bridgehead atoms. The number of aliphatic carboxylic acids is 1. The fourth-order valence-electron chi connectivity index (χ4n) is 2.95. The lowest BCUT2D eigenvalue weighted by Gasteiger charge is -2.38. The number of carbonyl (C=O) groups is 3. The second-order valence-electron chi connectivity index (χ2n) is 6.01. The van der Waals surface area contributed by atoms with Crippen molar-refractivity contribution in [3.63, 3.8) is 0 Å². The van der Waals surface area contributed by atoms with Gasteiger partial charge >= 0.3 is 5.97 Å². The maximum atomic E-state index is 12.2. The third-order valence-corrected chi connectivity index (χ3v) is 4.53.